The first-order valence-electron chi connectivity index (χ1n) is 11.7. The van der Waals surface area contributed by atoms with Crippen LogP contribution in [0.5, 0.6) is 0 Å². The first kappa shape index (κ1) is 21.8. The van der Waals surface area contributed by atoms with E-state index in [9.17, 15) is 9.59 Å². The van der Waals surface area contributed by atoms with Crippen LogP contribution in [0, 0.1) is 0 Å². The van der Waals surface area contributed by atoms with E-state index in [0.29, 0.717) is 34.1 Å². The lowest BCUT2D eigenvalue weighted by Crippen LogP contribution is -2.34. The van der Waals surface area contributed by atoms with E-state index in [4.69, 9.17) is 10.5 Å². The van der Waals surface area contributed by atoms with Gasteiger partial charge < -0.3 is 20.7 Å². The standard InChI is InChI=1S/C26H25N5O3S/c27-23-26(33)31(21-14-22(35-25(21)29-23)24(32)28-17-10-12-34-15-17)19-9-8-16-5-4-11-30(20(16)13-19)18-6-2-1-3-7-18/h1-3,6-9,13-14,17H,4-5,10-12,15H2,(H2,27,29)(H,28,32)/t17-/m1/s1. The van der Waals surface area contributed by atoms with Gasteiger partial charge in [-0.25, -0.2) is 4.98 Å². The minimum absolute atomic E-state index is 0.00227. The summed E-state index contributed by atoms with van der Waals surface area (Å²) < 4.78 is 6.93. The Labute approximate surface area is 206 Å². The van der Waals surface area contributed by atoms with E-state index in [1.165, 1.54) is 16.9 Å². The third-order valence-electron chi connectivity index (χ3n) is 6.58. The number of anilines is 3. The Balaban J connectivity index is 1.45. The number of fused-ring (bicyclic) bond motifs is 2. The van der Waals surface area contributed by atoms with Gasteiger partial charge in [-0.05, 0) is 55.2 Å². The molecule has 0 spiro atoms. The topological polar surface area (TPSA) is 102 Å². The predicted molar refractivity (Wildman–Crippen MR) is 138 cm³/mol. The highest BCUT2D eigenvalue weighted by atomic mass is 32.1. The second kappa shape index (κ2) is 8.83. The number of hydrogen-bond donors (Lipinski definition) is 2. The van der Waals surface area contributed by atoms with E-state index in [-0.39, 0.29) is 17.8 Å². The van der Waals surface area contributed by atoms with Crippen LogP contribution in [0.15, 0.2) is 59.4 Å². The van der Waals surface area contributed by atoms with Crippen LogP contribution in [0.3, 0.4) is 0 Å². The SMILES string of the molecule is Nc1nc2sc(C(=O)N[C@@H]3CCOC3)cc2n(-c2ccc3c(c2)N(c2ccccc2)CCC3)c1=O. The molecule has 0 unspecified atom stereocenters. The third kappa shape index (κ3) is 3.96. The first-order valence-corrected chi connectivity index (χ1v) is 12.6. The number of para-hydroxylation sites is 1. The summed E-state index contributed by atoms with van der Waals surface area (Å²) in [5, 5.41) is 3.00. The monoisotopic (exact) mass is 487 g/mol. The van der Waals surface area contributed by atoms with Gasteiger partial charge in [0.05, 0.1) is 28.7 Å². The zero-order valence-electron chi connectivity index (χ0n) is 19.1. The number of nitrogens with one attached hydrogen (secondary N) is 1. The number of aromatic nitrogens is 2. The van der Waals surface area contributed by atoms with E-state index in [1.807, 2.05) is 30.3 Å². The van der Waals surface area contributed by atoms with Crippen molar-refractivity contribution in [3.8, 4) is 5.69 Å². The highest BCUT2D eigenvalue weighted by Gasteiger charge is 2.23. The molecule has 2 aliphatic rings. The summed E-state index contributed by atoms with van der Waals surface area (Å²) in [6.07, 6.45) is 2.83. The molecule has 9 heteroatoms. The van der Waals surface area contributed by atoms with Crippen LogP contribution in [-0.2, 0) is 11.2 Å². The smallest absolute Gasteiger partial charge is 0.298 e. The van der Waals surface area contributed by atoms with Gasteiger partial charge in [-0.15, -0.1) is 11.3 Å². The molecule has 1 atom stereocenters. The fraction of sp³-hybridized carbons (Fsp3) is 0.269. The van der Waals surface area contributed by atoms with Crippen molar-refractivity contribution in [2.75, 3.05) is 30.4 Å². The van der Waals surface area contributed by atoms with Crippen LogP contribution < -0.4 is 21.5 Å². The molecule has 8 nitrogen and oxygen atoms in total. The van der Waals surface area contributed by atoms with Gasteiger partial charge in [0.15, 0.2) is 5.82 Å². The lowest BCUT2D eigenvalue weighted by atomic mass is 10.00. The number of ether oxygens (including phenoxy) is 1. The molecule has 0 bridgehead atoms. The number of amides is 1. The van der Waals surface area contributed by atoms with Crippen LogP contribution in [0.1, 0.15) is 28.1 Å². The Morgan fingerprint density at radius 2 is 2.00 bits per heavy atom. The average Bonchev–Trinajstić information content (AvgIpc) is 3.54. The summed E-state index contributed by atoms with van der Waals surface area (Å²) in [6, 6.07) is 18.0. The van der Waals surface area contributed by atoms with Crippen LogP contribution in [0.2, 0.25) is 0 Å². The van der Waals surface area contributed by atoms with Crippen molar-refractivity contribution in [2.45, 2.75) is 25.3 Å². The van der Waals surface area contributed by atoms with Gasteiger partial charge in [0, 0.05) is 24.5 Å². The molecule has 2 aromatic carbocycles. The molecule has 1 fully saturated rings. The Kier molecular flexibility index (Phi) is 5.50. The normalized spacial score (nSPS) is 17.5. The van der Waals surface area contributed by atoms with Gasteiger partial charge in [0.1, 0.15) is 4.83 Å². The van der Waals surface area contributed by atoms with Gasteiger partial charge in [-0.3, -0.25) is 14.2 Å². The molecule has 6 rings (SSSR count). The van der Waals surface area contributed by atoms with E-state index in [1.54, 1.807) is 10.6 Å². The second-order valence-corrected chi connectivity index (χ2v) is 9.91. The van der Waals surface area contributed by atoms with Crippen LogP contribution in [0.4, 0.5) is 17.2 Å². The molecule has 4 aromatic rings. The van der Waals surface area contributed by atoms with Crippen molar-refractivity contribution in [3.05, 3.63) is 75.4 Å². The number of benzene rings is 2. The number of aryl methyl sites for hydroxylation is 1. The van der Waals surface area contributed by atoms with Crippen molar-refractivity contribution in [3.63, 3.8) is 0 Å². The minimum atomic E-state index is -0.395. The van der Waals surface area contributed by atoms with Crippen LogP contribution in [-0.4, -0.2) is 41.3 Å². The van der Waals surface area contributed by atoms with Crippen molar-refractivity contribution < 1.29 is 9.53 Å². The van der Waals surface area contributed by atoms with Gasteiger partial charge in [-0.1, -0.05) is 24.3 Å². The molecule has 1 amide bonds. The Morgan fingerprint density at radius 3 is 2.80 bits per heavy atom. The van der Waals surface area contributed by atoms with Gasteiger partial charge in [-0.2, -0.15) is 0 Å². The summed E-state index contributed by atoms with van der Waals surface area (Å²) in [5.41, 5.74) is 10.3. The van der Waals surface area contributed by atoms with Gasteiger partial charge in [0.25, 0.3) is 11.5 Å². The molecule has 2 aliphatic heterocycles. The summed E-state index contributed by atoms with van der Waals surface area (Å²) in [4.78, 5) is 33.7. The van der Waals surface area contributed by atoms with Gasteiger partial charge in [0.2, 0.25) is 0 Å². The molecule has 2 aromatic heterocycles. The maximum absolute atomic E-state index is 13.2. The number of hydrogen-bond acceptors (Lipinski definition) is 7. The van der Waals surface area contributed by atoms with Crippen molar-refractivity contribution in [1.29, 1.82) is 0 Å². The van der Waals surface area contributed by atoms with Crippen LogP contribution >= 0.6 is 11.3 Å². The molecule has 0 radical (unpaired) electrons. The summed E-state index contributed by atoms with van der Waals surface area (Å²) in [7, 11) is 0. The predicted octanol–water partition coefficient (Wildman–Crippen LogP) is 3.63. The highest BCUT2D eigenvalue weighted by molar-refractivity contribution is 7.20. The average molecular weight is 488 g/mol. The fourth-order valence-corrected chi connectivity index (χ4v) is 5.77. The number of nitrogens with two attached hydrogens (primary N) is 1. The van der Waals surface area contributed by atoms with Crippen molar-refractivity contribution in [2.24, 2.45) is 0 Å². The zero-order chi connectivity index (χ0) is 23.9. The number of nitrogen functional groups attached to an aromatic ring is 1. The quantitative estimate of drug-likeness (QED) is 0.456. The number of rotatable bonds is 4. The molecule has 178 valence electrons. The van der Waals surface area contributed by atoms with E-state index >= 15 is 0 Å². The van der Waals surface area contributed by atoms with Crippen LogP contribution in [0.25, 0.3) is 16.0 Å². The summed E-state index contributed by atoms with van der Waals surface area (Å²) >= 11 is 1.23. The van der Waals surface area contributed by atoms with Crippen molar-refractivity contribution >= 4 is 44.8 Å². The van der Waals surface area contributed by atoms with Gasteiger partial charge >= 0.3 is 0 Å². The summed E-state index contributed by atoms with van der Waals surface area (Å²) in [5.74, 6) is -0.282. The molecule has 0 aliphatic carbocycles. The zero-order valence-corrected chi connectivity index (χ0v) is 19.9. The number of carbonyl (C=O) groups is 1. The molecule has 1 saturated heterocycles. The Bertz CT molecular complexity index is 1470. The molecule has 4 heterocycles. The van der Waals surface area contributed by atoms with Crippen molar-refractivity contribution in [1.82, 2.24) is 14.9 Å². The Morgan fingerprint density at radius 1 is 1.14 bits per heavy atom. The molecule has 0 saturated carbocycles. The number of thiophene rings is 1. The van der Waals surface area contributed by atoms with E-state index in [0.717, 1.165) is 37.2 Å². The maximum Gasteiger partial charge on any atom is 0.298 e. The molecule has 35 heavy (non-hydrogen) atoms. The summed E-state index contributed by atoms with van der Waals surface area (Å²) in [6.45, 7) is 2.06. The third-order valence-corrected chi connectivity index (χ3v) is 7.60. The largest absolute Gasteiger partial charge is 0.379 e. The van der Waals surface area contributed by atoms with E-state index < -0.39 is 5.56 Å². The fourth-order valence-electron chi connectivity index (χ4n) is 4.84. The highest BCUT2D eigenvalue weighted by Crippen LogP contribution is 2.35. The lowest BCUT2D eigenvalue weighted by molar-refractivity contribution is 0.0934. The lowest BCUT2D eigenvalue weighted by Gasteiger charge is -2.32. The molecule has 3 N–H and O–H groups in total. The second-order valence-electron chi connectivity index (χ2n) is 8.88. The molecular weight excluding hydrogens is 462 g/mol. The number of carbonyl (C=O) groups excluding carboxylic acids is 1. The maximum atomic E-state index is 13.2. The number of nitrogens with zero attached hydrogens (tertiary/aromatic N) is 3. The molecular formula is C26H25N5O3S. The minimum Gasteiger partial charge on any atom is -0.379 e. The Hall–Kier alpha value is -3.69. The first-order chi connectivity index (χ1) is 17.1. The van der Waals surface area contributed by atoms with E-state index in [2.05, 4.69) is 33.4 Å².